The Labute approximate surface area is 137 Å². The molecule has 1 aromatic rings. The summed E-state index contributed by atoms with van der Waals surface area (Å²) in [4.78, 5) is 16.5. The van der Waals surface area contributed by atoms with Crippen molar-refractivity contribution < 1.29 is 9.53 Å². The van der Waals surface area contributed by atoms with Gasteiger partial charge in [0.1, 0.15) is 5.75 Å². The number of benzene rings is 1. The molecule has 0 radical (unpaired) electrons. The molecule has 0 aliphatic carbocycles. The minimum absolute atomic E-state index is 0.115. The lowest BCUT2D eigenvalue weighted by Gasteiger charge is -2.33. The van der Waals surface area contributed by atoms with Crippen LogP contribution in [0.3, 0.4) is 0 Å². The van der Waals surface area contributed by atoms with Gasteiger partial charge in [-0.15, -0.1) is 0 Å². The number of nitrogens with zero attached hydrogens (tertiary/aromatic N) is 2. The molecule has 0 bridgehead atoms. The quantitative estimate of drug-likeness (QED) is 0.859. The summed E-state index contributed by atoms with van der Waals surface area (Å²) in [6.07, 6.45) is 0.115. The van der Waals surface area contributed by atoms with Crippen LogP contribution in [0.4, 0.5) is 0 Å². The Bertz CT molecular complexity index is 523. The predicted octanol–water partition coefficient (Wildman–Crippen LogP) is 1.74. The fraction of sp³-hybridized carbons (Fsp3) is 0.500. The van der Waals surface area contributed by atoms with E-state index in [0.29, 0.717) is 10.7 Å². The van der Waals surface area contributed by atoms with E-state index in [0.717, 1.165) is 31.9 Å². The van der Waals surface area contributed by atoms with Crippen LogP contribution in [0.5, 0.6) is 5.75 Å². The number of hydrogen-bond acceptors (Lipinski definition) is 4. The van der Waals surface area contributed by atoms with E-state index in [2.05, 4.69) is 17.3 Å². The maximum atomic E-state index is 12.2. The molecule has 120 valence electrons. The first-order valence-corrected chi connectivity index (χ1v) is 7.92. The molecule has 2 rings (SSSR count). The monoisotopic (exact) mass is 321 g/mol. The second-order valence-electron chi connectivity index (χ2n) is 5.74. The van der Waals surface area contributed by atoms with Crippen molar-refractivity contribution >= 4 is 23.2 Å². The summed E-state index contributed by atoms with van der Waals surface area (Å²) in [7, 11) is 2.08. The Morgan fingerprint density at radius 3 is 2.32 bits per heavy atom. The van der Waals surface area contributed by atoms with Gasteiger partial charge >= 0.3 is 0 Å². The number of nitrogens with one attached hydrogen (secondary N) is 1. The number of hydrogen-bond donors (Lipinski definition) is 1. The van der Waals surface area contributed by atoms with Gasteiger partial charge in [0.2, 0.25) is 0 Å². The number of piperazine rings is 1. The molecular formula is C16H23N3O2S. The average molecular weight is 321 g/mol. The zero-order valence-electron chi connectivity index (χ0n) is 13.3. The third-order valence-electron chi connectivity index (χ3n) is 3.50. The first-order chi connectivity index (χ1) is 10.5. The molecule has 0 spiro atoms. The summed E-state index contributed by atoms with van der Waals surface area (Å²) in [5, 5.41) is 3.30. The maximum Gasteiger partial charge on any atom is 0.257 e. The fourth-order valence-electron chi connectivity index (χ4n) is 2.21. The molecule has 22 heavy (non-hydrogen) atoms. The molecule has 1 aromatic carbocycles. The summed E-state index contributed by atoms with van der Waals surface area (Å²) >= 11 is 5.32. The molecule has 1 fully saturated rings. The molecule has 1 aliphatic heterocycles. The Morgan fingerprint density at radius 1 is 1.18 bits per heavy atom. The van der Waals surface area contributed by atoms with Crippen molar-refractivity contribution in [3.8, 4) is 5.75 Å². The first kappa shape index (κ1) is 16.7. The number of carbonyl (C=O) groups excluding carboxylic acids is 1. The Morgan fingerprint density at radius 2 is 1.77 bits per heavy atom. The smallest absolute Gasteiger partial charge is 0.257 e. The van der Waals surface area contributed by atoms with Gasteiger partial charge < -0.3 is 14.5 Å². The van der Waals surface area contributed by atoms with Crippen molar-refractivity contribution in [2.24, 2.45) is 0 Å². The molecule has 5 nitrogen and oxygen atoms in total. The molecule has 0 unspecified atom stereocenters. The van der Waals surface area contributed by atoms with E-state index in [-0.39, 0.29) is 12.0 Å². The van der Waals surface area contributed by atoms with Gasteiger partial charge in [-0.2, -0.15) is 0 Å². The van der Waals surface area contributed by atoms with Crippen LogP contribution in [0.15, 0.2) is 24.3 Å². The summed E-state index contributed by atoms with van der Waals surface area (Å²) in [6.45, 7) is 7.53. The van der Waals surface area contributed by atoms with E-state index >= 15 is 0 Å². The van der Waals surface area contributed by atoms with E-state index in [9.17, 15) is 4.79 Å². The standard InChI is InChI=1S/C16H23N3O2S/c1-12(2)21-14-6-4-13(5-7-14)15(20)17-16(22)19-10-8-18(3)9-11-19/h4-7,12H,8-11H2,1-3H3,(H,17,20,22). The molecule has 0 atom stereocenters. The summed E-state index contributed by atoms with van der Waals surface area (Å²) in [6, 6.07) is 7.10. The Hall–Kier alpha value is -1.66. The van der Waals surface area contributed by atoms with Gasteiger partial charge in [-0.1, -0.05) is 0 Å². The number of amides is 1. The molecule has 0 saturated carbocycles. The van der Waals surface area contributed by atoms with Crippen molar-refractivity contribution in [1.29, 1.82) is 0 Å². The van der Waals surface area contributed by atoms with E-state index in [1.54, 1.807) is 24.3 Å². The fourth-order valence-corrected chi connectivity index (χ4v) is 2.49. The number of carbonyl (C=O) groups is 1. The first-order valence-electron chi connectivity index (χ1n) is 7.51. The van der Waals surface area contributed by atoms with Gasteiger partial charge in [-0.25, -0.2) is 0 Å². The van der Waals surface area contributed by atoms with Gasteiger partial charge in [0, 0.05) is 31.7 Å². The number of rotatable bonds is 3. The van der Waals surface area contributed by atoms with Crippen LogP contribution in [0, 0.1) is 0 Å². The van der Waals surface area contributed by atoms with Crippen molar-refractivity contribution in [2.75, 3.05) is 33.2 Å². The molecule has 1 saturated heterocycles. The highest BCUT2D eigenvalue weighted by Gasteiger charge is 2.18. The van der Waals surface area contributed by atoms with Crippen LogP contribution >= 0.6 is 12.2 Å². The topological polar surface area (TPSA) is 44.8 Å². The minimum atomic E-state index is -0.181. The lowest BCUT2D eigenvalue weighted by atomic mass is 10.2. The van der Waals surface area contributed by atoms with Crippen LogP contribution in [-0.2, 0) is 0 Å². The highest BCUT2D eigenvalue weighted by molar-refractivity contribution is 7.80. The normalized spacial score (nSPS) is 15.7. The van der Waals surface area contributed by atoms with Gasteiger partial charge in [0.05, 0.1) is 6.10 Å². The Kier molecular flexibility index (Phi) is 5.74. The van der Waals surface area contributed by atoms with Crippen LogP contribution < -0.4 is 10.1 Å². The van der Waals surface area contributed by atoms with Crippen molar-refractivity contribution in [3.05, 3.63) is 29.8 Å². The zero-order valence-corrected chi connectivity index (χ0v) is 14.2. The van der Waals surface area contributed by atoms with E-state index in [1.165, 1.54) is 0 Å². The Balaban J connectivity index is 1.90. The van der Waals surface area contributed by atoms with E-state index in [1.807, 2.05) is 18.7 Å². The van der Waals surface area contributed by atoms with Gasteiger partial charge in [0.15, 0.2) is 5.11 Å². The van der Waals surface area contributed by atoms with Crippen LogP contribution in [0.1, 0.15) is 24.2 Å². The number of ether oxygens (including phenoxy) is 1. The summed E-state index contributed by atoms with van der Waals surface area (Å²) < 4.78 is 5.56. The summed E-state index contributed by atoms with van der Waals surface area (Å²) in [5.41, 5.74) is 0.576. The molecule has 1 amide bonds. The molecule has 1 aliphatic rings. The molecule has 1 N–H and O–H groups in total. The van der Waals surface area contributed by atoms with Crippen LogP contribution in [0.25, 0.3) is 0 Å². The lowest BCUT2D eigenvalue weighted by molar-refractivity contribution is 0.0970. The van der Waals surface area contributed by atoms with Crippen molar-refractivity contribution in [1.82, 2.24) is 15.1 Å². The minimum Gasteiger partial charge on any atom is -0.491 e. The molecular weight excluding hydrogens is 298 g/mol. The number of likely N-dealkylation sites (N-methyl/N-ethyl adjacent to an activating group) is 1. The van der Waals surface area contributed by atoms with Crippen LogP contribution in [-0.4, -0.2) is 60.2 Å². The van der Waals surface area contributed by atoms with E-state index < -0.39 is 0 Å². The third-order valence-corrected chi connectivity index (χ3v) is 3.86. The van der Waals surface area contributed by atoms with Gasteiger partial charge in [-0.05, 0) is 57.4 Å². The molecule has 0 aromatic heterocycles. The highest BCUT2D eigenvalue weighted by Crippen LogP contribution is 2.14. The van der Waals surface area contributed by atoms with Crippen molar-refractivity contribution in [2.45, 2.75) is 20.0 Å². The lowest BCUT2D eigenvalue weighted by Crippen LogP contribution is -2.51. The molecule has 1 heterocycles. The second kappa shape index (κ2) is 7.56. The third kappa shape index (κ3) is 4.68. The van der Waals surface area contributed by atoms with Gasteiger partial charge in [0.25, 0.3) is 5.91 Å². The second-order valence-corrected chi connectivity index (χ2v) is 6.13. The van der Waals surface area contributed by atoms with Crippen molar-refractivity contribution in [3.63, 3.8) is 0 Å². The van der Waals surface area contributed by atoms with Crippen LogP contribution in [0.2, 0.25) is 0 Å². The number of thiocarbonyl (C=S) groups is 1. The van der Waals surface area contributed by atoms with Gasteiger partial charge in [-0.3, -0.25) is 10.1 Å². The largest absolute Gasteiger partial charge is 0.491 e. The van der Waals surface area contributed by atoms with E-state index in [4.69, 9.17) is 17.0 Å². The maximum absolute atomic E-state index is 12.2. The highest BCUT2D eigenvalue weighted by atomic mass is 32.1. The molecule has 6 heteroatoms. The predicted molar refractivity (Wildman–Crippen MR) is 91.3 cm³/mol. The zero-order chi connectivity index (χ0) is 16.1. The summed E-state index contributed by atoms with van der Waals surface area (Å²) in [5.74, 6) is 0.577. The average Bonchev–Trinajstić information content (AvgIpc) is 2.48. The SMILES string of the molecule is CC(C)Oc1ccc(C(=O)NC(=S)N2CCN(C)CC2)cc1.